The fourth-order valence-corrected chi connectivity index (χ4v) is 5.54. The highest BCUT2D eigenvalue weighted by Crippen LogP contribution is 2.44. The van der Waals surface area contributed by atoms with Crippen LogP contribution in [-0.2, 0) is 4.79 Å². The number of rotatable bonds is 3. The number of carbonyl (C=O) groups is 1. The fraction of sp³-hybridized carbons (Fsp3) is 0.667. The second kappa shape index (κ2) is 5.43. The zero-order valence-electron chi connectivity index (χ0n) is 11.1. The smallest absolute Gasteiger partial charge is 0.244 e. The predicted molar refractivity (Wildman–Crippen MR) is 83.5 cm³/mol. The van der Waals surface area contributed by atoms with Crippen LogP contribution in [0.1, 0.15) is 27.7 Å². The van der Waals surface area contributed by atoms with Gasteiger partial charge in [-0.1, -0.05) is 24.0 Å². The van der Waals surface area contributed by atoms with Crippen LogP contribution < -0.4 is 0 Å². The van der Waals surface area contributed by atoms with Crippen LogP contribution in [-0.4, -0.2) is 43.7 Å². The first-order valence-electron chi connectivity index (χ1n) is 6.14. The lowest BCUT2D eigenvalue weighted by atomic mass is 10.3. The first-order valence-corrected chi connectivity index (χ1v) is 8.30. The van der Waals surface area contributed by atoms with Crippen molar-refractivity contribution in [2.24, 2.45) is 0 Å². The van der Waals surface area contributed by atoms with E-state index in [4.69, 9.17) is 12.2 Å². The minimum Gasteiger partial charge on any atom is -0.361 e. The average Bonchev–Trinajstić information content (AvgIpc) is 2.78. The molecule has 0 saturated carbocycles. The molecule has 0 spiro atoms. The molecule has 0 radical (unpaired) electrons. The van der Waals surface area contributed by atoms with Crippen molar-refractivity contribution >= 4 is 46.0 Å². The van der Waals surface area contributed by atoms with Gasteiger partial charge in [0.25, 0.3) is 0 Å². The van der Waals surface area contributed by atoms with Gasteiger partial charge in [-0.2, -0.15) is 0 Å². The van der Waals surface area contributed by atoms with Crippen molar-refractivity contribution in [1.29, 1.82) is 0 Å². The minimum atomic E-state index is -0.0604. The summed E-state index contributed by atoms with van der Waals surface area (Å²) in [5.74, 6) is 0.172. The second-order valence-corrected chi connectivity index (χ2v) is 7.43. The Hall–Kier alpha value is -0.200. The molecule has 2 heterocycles. The van der Waals surface area contributed by atoms with Crippen LogP contribution in [0.2, 0.25) is 0 Å². The lowest BCUT2D eigenvalue weighted by Gasteiger charge is -2.29. The summed E-state index contributed by atoms with van der Waals surface area (Å²) < 4.78 is 0.728. The van der Waals surface area contributed by atoms with Crippen molar-refractivity contribution < 1.29 is 4.79 Å². The van der Waals surface area contributed by atoms with Crippen molar-refractivity contribution in [3.05, 3.63) is 10.6 Å². The molecule has 0 aliphatic carbocycles. The highest BCUT2D eigenvalue weighted by Gasteiger charge is 2.45. The van der Waals surface area contributed by atoms with Gasteiger partial charge in [-0.15, -0.1) is 11.8 Å². The van der Waals surface area contributed by atoms with Gasteiger partial charge in [0.15, 0.2) is 0 Å². The molecular formula is C12H18N2OS3. The number of amides is 1. The van der Waals surface area contributed by atoms with Crippen molar-refractivity contribution in [2.75, 3.05) is 13.1 Å². The highest BCUT2D eigenvalue weighted by molar-refractivity contribution is 8.24. The van der Waals surface area contributed by atoms with Crippen LogP contribution in [0, 0.1) is 0 Å². The number of thiocarbonyl (C=S) groups is 1. The molecule has 0 bridgehead atoms. The van der Waals surface area contributed by atoms with E-state index in [0.29, 0.717) is 6.54 Å². The van der Waals surface area contributed by atoms with E-state index in [9.17, 15) is 4.79 Å². The van der Waals surface area contributed by atoms with E-state index < -0.39 is 0 Å². The molecule has 2 atom stereocenters. The van der Waals surface area contributed by atoms with Crippen molar-refractivity contribution in [2.45, 2.75) is 38.3 Å². The Bertz CT molecular complexity index is 422. The van der Waals surface area contributed by atoms with Crippen LogP contribution in [0.4, 0.5) is 0 Å². The first-order chi connectivity index (χ1) is 8.51. The largest absolute Gasteiger partial charge is 0.361 e. The molecule has 1 amide bonds. The minimum absolute atomic E-state index is 0.0604. The van der Waals surface area contributed by atoms with Crippen molar-refractivity contribution in [3.63, 3.8) is 0 Å². The van der Waals surface area contributed by atoms with Gasteiger partial charge in [0.05, 0.1) is 0 Å². The van der Waals surface area contributed by atoms with E-state index in [1.54, 1.807) is 28.4 Å². The summed E-state index contributed by atoms with van der Waals surface area (Å²) >= 11 is 8.63. The Morgan fingerprint density at radius 2 is 1.89 bits per heavy atom. The SMILES string of the molecule is CCN1C(=O)[C@@H]([C@H]2SC(C)=C(C)N2CC)SC1=S. The van der Waals surface area contributed by atoms with E-state index >= 15 is 0 Å². The van der Waals surface area contributed by atoms with Crippen LogP contribution in [0.3, 0.4) is 0 Å². The molecule has 0 unspecified atom stereocenters. The third-order valence-electron chi connectivity index (χ3n) is 3.42. The lowest BCUT2D eigenvalue weighted by Crippen LogP contribution is -2.41. The Morgan fingerprint density at radius 1 is 1.22 bits per heavy atom. The third kappa shape index (κ3) is 2.18. The van der Waals surface area contributed by atoms with Gasteiger partial charge in [0.2, 0.25) is 5.91 Å². The molecule has 18 heavy (non-hydrogen) atoms. The number of carbonyl (C=O) groups excluding carboxylic acids is 1. The zero-order chi connectivity index (χ0) is 13.4. The molecule has 0 aromatic heterocycles. The van der Waals surface area contributed by atoms with Crippen LogP contribution in [0.25, 0.3) is 0 Å². The maximum Gasteiger partial charge on any atom is 0.244 e. The summed E-state index contributed by atoms with van der Waals surface area (Å²) in [6.07, 6.45) is 0. The number of nitrogens with zero attached hydrogens (tertiary/aromatic N) is 2. The normalized spacial score (nSPS) is 28.9. The van der Waals surface area contributed by atoms with E-state index in [1.807, 2.05) is 6.92 Å². The van der Waals surface area contributed by atoms with Gasteiger partial charge in [0, 0.05) is 23.7 Å². The second-order valence-electron chi connectivity index (χ2n) is 4.32. The summed E-state index contributed by atoms with van der Waals surface area (Å²) in [5, 5.41) is 0.136. The standard InChI is InChI=1S/C12H18N2OS3/c1-5-13-7(3)8(4)17-11(13)9-10(15)14(6-2)12(16)18-9/h9,11H,5-6H2,1-4H3/t9-,11+/m0/s1. The molecule has 0 aromatic carbocycles. The molecule has 0 aromatic rings. The summed E-state index contributed by atoms with van der Waals surface area (Å²) in [6.45, 7) is 9.98. The maximum absolute atomic E-state index is 12.4. The Labute approximate surface area is 122 Å². The molecule has 1 saturated heterocycles. The first kappa shape index (κ1) is 14.2. The fourth-order valence-electron chi connectivity index (χ4n) is 2.30. The van der Waals surface area contributed by atoms with E-state index in [0.717, 1.165) is 10.9 Å². The van der Waals surface area contributed by atoms with Gasteiger partial charge in [-0.3, -0.25) is 9.69 Å². The molecule has 0 N–H and O–H groups in total. The Morgan fingerprint density at radius 3 is 2.39 bits per heavy atom. The third-order valence-corrected chi connectivity index (χ3v) is 6.65. The molecule has 2 rings (SSSR count). The average molecular weight is 302 g/mol. The Kier molecular flexibility index (Phi) is 4.29. The lowest BCUT2D eigenvalue weighted by molar-refractivity contribution is -0.126. The van der Waals surface area contributed by atoms with E-state index in [-0.39, 0.29) is 16.5 Å². The zero-order valence-corrected chi connectivity index (χ0v) is 13.5. The van der Waals surface area contributed by atoms with Crippen molar-refractivity contribution in [1.82, 2.24) is 9.80 Å². The predicted octanol–water partition coefficient (Wildman–Crippen LogP) is 2.88. The van der Waals surface area contributed by atoms with Gasteiger partial charge in [-0.05, 0) is 27.7 Å². The van der Waals surface area contributed by atoms with Gasteiger partial charge >= 0.3 is 0 Å². The van der Waals surface area contributed by atoms with Gasteiger partial charge < -0.3 is 4.90 Å². The molecular weight excluding hydrogens is 284 g/mol. The monoisotopic (exact) mass is 302 g/mol. The molecule has 1 fully saturated rings. The van der Waals surface area contributed by atoms with Crippen molar-refractivity contribution in [3.8, 4) is 0 Å². The molecule has 3 nitrogen and oxygen atoms in total. The molecule has 2 aliphatic heterocycles. The number of hydrogen-bond donors (Lipinski definition) is 0. The molecule has 100 valence electrons. The number of hydrogen-bond acceptors (Lipinski definition) is 5. The van der Waals surface area contributed by atoms with Gasteiger partial charge in [0.1, 0.15) is 14.9 Å². The van der Waals surface area contributed by atoms with E-state index in [2.05, 4.69) is 25.7 Å². The summed E-state index contributed by atoms with van der Waals surface area (Å²) in [6, 6.07) is 0. The quantitative estimate of drug-likeness (QED) is 0.746. The summed E-state index contributed by atoms with van der Waals surface area (Å²) in [4.78, 5) is 17.7. The topological polar surface area (TPSA) is 23.6 Å². The maximum atomic E-state index is 12.4. The number of allylic oxidation sites excluding steroid dienone is 2. The summed E-state index contributed by atoms with van der Waals surface area (Å²) in [5.41, 5.74) is 1.29. The van der Waals surface area contributed by atoms with Gasteiger partial charge in [-0.25, -0.2) is 0 Å². The Balaban J connectivity index is 2.20. The van der Waals surface area contributed by atoms with E-state index in [1.165, 1.54) is 10.6 Å². The number of thioether (sulfide) groups is 2. The molecule has 6 heteroatoms. The molecule has 2 aliphatic rings. The summed E-state index contributed by atoms with van der Waals surface area (Å²) in [7, 11) is 0. The van der Waals surface area contributed by atoms with Crippen LogP contribution in [0.15, 0.2) is 10.6 Å². The van der Waals surface area contributed by atoms with Crippen LogP contribution >= 0.6 is 35.7 Å². The van der Waals surface area contributed by atoms with Crippen LogP contribution in [0.5, 0.6) is 0 Å². The highest BCUT2D eigenvalue weighted by atomic mass is 32.2.